The summed E-state index contributed by atoms with van der Waals surface area (Å²) < 4.78 is 0. The van der Waals surface area contributed by atoms with Crippen LogP contribution < -0.4 is 0 Å². The lowest BCUT2D eigenvalue weighted by molar-refractivity contribution is 1.43. The van der Waals surface area contributed by atoms with Crippen LogP contribution in [0.2, 0.25) is 0 Å². The van der Waals surface area contributed by atoms with Crippen LogP contribution in [0.5, 0.6) is 0 Å². The van der Waals surface area contributed by atoms with Crippen molar-refractivity contribution in [2.45, 2.75) is 0 Å². The van der Waals surface area contributed by atoms with Gasteiger partial charge in [0.2, 0.25) is 0 Å². The summed E-state index contributed by atoms with van der Waals surface area (Å²) in [5, 5.41) is 18.0. The van der Waals surface area contributed by atoms with Crippen molar-refractivity contribution < 1.29 is 0 Å². The van der Waals surface area contributed by atoms with E-state index in [1.165, 1.54) is 0 Å². The van der Waals surface area contributed by atoms with Gasteiger partial charge in [0.15, 0.2) is 0 Å². The third-order valence-corrected chi connectivity index (χ3v) is 2.33. The first-order valence-electron chi connectivity index (χ1n) is 4.76. The molecule has 0 bridgehead atoms. The Bertz CT molecular complexity index is 586. The number of hydrogen-bond acceptors (Lipinski definition) is 2. The fraction of sp³-hybridized carbons (Fsp3) is 0. The Balaban J connectivity index is 2.69. The molecule has 16 heavy (non-hydrogen) atoms. The summed E-state index contributed by atoms with van der Waals surface area (Å²) in [4.78, 5) is 0. The van der Waals surface area contributed by atoms with Gasteiger partial charge in [0, 0.05) is 5.56 Å². The zero-order chi connectivity index (χ0) is 11.4. The summed E-state index contributed by atoms with van der Waals surface area (Å²) in [5.74, 6) is 0. The minimum absolute atomic E-state index is 0.410. The van der Waals surface area contributed by atoms with Gasteiger partial charge in [-0.05, 0) is 17.7 Å². The molecule has 2 rings (SSSR count). The first-order chi connectivity index (χ1) is 7.86. The van der Waals surface area contributed by atoms with Gasteiger partial charge in [-0.15, -0.1) is 0 Å². The molecule has 0 heterocycles. The smallest absolute Gasteiger partial charge is 0.101 e. The molecular formula is C14H7N2. The molecule has 1 radical (unpaired) electrons. The molecule has 2 nitrogen and oxygen atoms in total. The van der Waals surface area contributed by atoms with Crippen LogP contribution >= 0.6 is 0 Å². The Kier molecular flexibility index (Phi) is 2.67. The van der Waals surface area contributed by atoms with Gasteiger partial charge in [0.1, 0.15) is 12.1 Å². The summed E-state index contributed by atoms with van der Waals surface area (Å²) in [6, 6.07) is 19.6. The molecule has 2 heteroatoms. The van der Waals surface area contributed by atoms with Gasteiger partial charge in [-0.25, -0.2) is 0 Å². The van der Waals surface area contributed by atoms with Crippen LogP contribution in [0, 0.1) is 28.7 Å². The van der Waals surface area contributed by atoms with Gasteiger partial charge in [-0.1, -0.05) is 36.4 Å². The van der Waals surface area contributed by atoms with Gasteiger partial charge in [-0.3, -0.25) is 0 Å². The largest absolute Gasteiger partial charge is 0.192 e. The topological polar surface area (TPSA) is 47.6 Å². The zero-order valence-corrected chi connectivity index (χ0v) is 8.44. The van der Waals surface area contributed by atoms with Crippen LogP contribution in [0.3, 0.4) is 0 Å². The average Bonchev–Trinajstić information content (AvgIpc) is 2.38. The first kappa shape index (κ1) is 9.96. The minimum Gasteiger partial charge on any atom is -0.192 e. The van der Waals surface area contributed by atoms with Crippen molar-refractivity contribution in [3.63, 3.8) is 0 Å². The molecule has 0 aliphatic heterocycles. The molecule has 0 spiro atoms. The molecule has 0 amide bonds. The molecule has 0 fully saturated rings. The number of hydrogen-bond donors (Lipinski definition) is 0. The van der Waals surface area contributed by atoms with Crippen LogP contribution in [-0.2, 0) is 0 Å². The maximum absolute atomic E-state index is 9.08. The maximum Gasteiger partial charge on any atom is 0.101 e. The van der Waals surface area contributed by atoms with Gasteiger partial charge in [0.05, 0.1) is 11.1 Å². The first-order valence-corrected chi connectivity index (χ1v) is 4.76. The predicted octanol–water partition coefficient (Wildman–Crippen LogP) is 2.90. The quantitative estimate of drug-likeness (QED) is 0.715. The van der Waals surface area contributed by atoms with E-state index in [0.717, 1.165) is 11.1 Å². The minimum atomic E-state index is 0.410. The van der Waals surface area contributed by atoms with E-state index in [2.05, 4.69) is 12.1 Å². The monoisotopic (exact) mass is 203 g/mol. The van der Waals surface area contributed by atoms with E-state index < -0.39 is 0 Å². The standard InChI is InChI=1S/C14H7N2/c15-9-12-7-4-8-13(14(12)10-16)11-5-2-1-3-6-11/h2-8H. The normalized spacial score (nSPS) is 9.12. The van der Waals surface area contributed by atoms with Crippen molar-refractivity contribution in [1.29, 1.82) is 10.5 Å². The molecule has 0 atom stereocenters. The number of nitriles is 2. The van der Waals surface area contributed by atoms with Crippen molar-refractivity contribution in [3.05, 3.63) is 59.7 Å². The highest BCUT2D eigenvalue weighted by Gasteiger charge is 2.08. The van der Waals surface area contributed by atoms with Gasteiger partial charge in [-0.2, -0.15) is 10.5 Å². The second-order valence-corrected chi connectivity index (χ2v) is 3.24. The van der Waals surface area contributed by atoms with Crippen LogP contribution in [0.25, 0.3) is 11.1 Å². The second-order valence-electron chi connectivity index (χ2n) is 3.24. The molecule has 0 saturated heterocycles. The van der Waals surface area contributed by atoms with E-state index in [0.29, 0.717) is 11.1 Å². The molecule has 0 aliphatic rings. The number of rotatable bonds is 1. The lowest BCUT2D eigenvalue weighted by atomic mass is 9.97. The zero-order valence-electron chi connectivity index (χ0n) is 8.44. The van der Waals surface area contributed by atoms with Crippen LogP contribution in [0.15, 0.2) is 42.5 Å². The highest BCUT2D eigenvalue weighted by Crippen LogP contribution is 2.24. The lowest BCUT2D eigenvalue weighted by Gasteiger charge is -2.04. The molecular weight excluding hydrogens is 196 g/mol. The van der Waals surface area contributed by atoms with Gasteiger partial charge < -0.3 is 0 Å². The van der Waals surface area contributed by atoms with E-state index in [1.54, 1.807) is 24.3 Å². The molecule has 0 N–H and O–H groups in total. The Morgan fingerprint density at radius 1 is 0.938 bits per heavy atom. The van der Waals surface area contributed by atoms with E-state index in [-0.39, 0.29) is 0 Å². The average molecular weight is 203 g/mol. The van der Waals surface area contributed by atoms with E-state index in [1.807, 2.05) is 24.3 Å². The highest BCUT2D eigenvalue weighted by atomic mass is 14.3. The van der Waals surface area contributed by atoms with Gasteiger partial charge in [0.25, 0.3) is 0 Å². The van der Waals surface area contributed by atoms with Crippen molar-refractivity contribution in [1.82, 2.24) is 0 Å². The predicted molar refractivity (Wildman–Crippen MR) is 60.1 cm³/mol. The summed E-state index contributed by atoms with van der Waals surface area (Å²) in [5.41, 5.74) is 2.55. The summed E-state index contributed by atoms with van der Waals surface area (Å²) in [6.45, 7) is 0. The molecule has 73 valence electrons. The van der Waals surface area contributed by atoms with Crippen molar-refractivity contribution >= 4 is 0 Å². The summed E-state index contributed by atoms with van der Waals surface area (Å²) in [7, 11) is 0. The molecule has 0 aliphatic carbocycles. The molecule has 2 aromatic rings. The second kappa shape index (κ2) is 4.29. The molecule has 2 aromatic carbocycles. The van der Waals surface area contributed by atoms with E-state index in [4.69, 9.17) is 10.5 Å². The fourth-order valence-electron chi connectivity index (χ4n) is 1.57. The van der Waals surface area contributed by atoms with E-state index in [9.17, 15) is 0 Å². The summed E-state index contributed by atoms with van der Waals surface area (Å²) in [6.07, 6.45) is 0. The summed E-state index contributed by atoms with van der Waals surface area (Å²) >= 11 is 0. The Hall–Kier alpha value is -2.58. The number of nitrogens with zero attached hydrogens (tertiary/aromatic N) is 2. The van der Waals surface area contributed by atoms with Crippen molar-refractivity contribution in [3.8, 4) is 23.3 Å². The maximum atomic E-state index is 9.08. The molecule has 0 unspecified atom stereocenters. The van der Waals surface area contributed by atoms with Crippen LogP contribution in [0.1, 0.15) is 11.1 Å². The fourth-order valence-corrected chi connectivity index (χ4v) is 1.57. The Labute approximate surface area is 94.0 Å². The third-order valence-electron chi connectivity index (χ3n) is 2.33. The van der Waals surface area contributed by atoms with Crippen LogP contribution in [-0.4, -0.2) is 0 Å². The van der Waals surface area contributed by atoms with Crippen molar-refractivity contribution in [2.24, 2.45) is 0 Å². The Morgan fingerprint density at radius 3 is 2.31 bits per heavy atom. The SMILES string of the molecule is N#Cc1cccc(-c2cc[c]cc2)c1C#N. The van der Waals surface area contributed by atoms with Gasteiger partial charge >= 0.3 is 0 Å². The van der Waals surface area contributed by atoms with E-state index >= 15 is 0 Å². The highest BCUT2D eigenvalue weighted by molar-refractivity contribution is 5.73. The number of benzene rings is 2. The van der Waals surface area contributed by atoms with Crippen LogP contribution in [0.4, 0.5) is 0 Å². The third kappa shape index (κ3) is 1.65. The molecule has 0 aromatic heterocycles. The lowest BCUT2D eigenvalue weighted by Crippen LogP contribution is -1.88. The van der Waals surface area contributed by atoms with Crippen molar-refractivity contribution in [2.75, 3.05) is 0 Å². The molecule has 0 saturated carbocycles. The Morgan fingerprint density at radius 2 is 1.69 bits per heavy atom.